The zero-order chi connectivity index (χ0) is 13.0. The molecule has 0 bridgehead atoms. The average molecular weight is 248 g/mol. The molecule has 18 heavy (non-hydrogen) atoms. The highest BCUT2D eigenvalue weighted by atomic mass is 16.5. The molecule has 1 aliphatic rings. The Morgan fingerprint density at radius 2 is 2.17 bits per heavy atom. The standard InChI is InChI=1S/C15H24N2O/c1-15(2,16)7-9-17-8-5-12-3-4-14-13(11-12)6-10-18-14/h3-4,11,17H,5-10,16H2,1-2H3. The third-order valence-corrected chi connectivity index (χ3v) is 3.29. The monoisotopic (exact) mass is 248 g/mol. The predicted octanol–water partition coefficient (Wildman–Crippen LogP) is 1.88. The lowest BCUT2D eigenvalue weighted by atomic mass is 10.0. The Kier molecular flexibility index (Phi) is 4.25. The minimum Gasteiger partial charge on any atom is -0.493 e. The van der Waals surface area contributed by atoms with Crippen LogP contribution in [0.3, 0.4) is 0 Å². The highest BCUT2D eigenvalue weighted by molar-refractivity contribution is 5.39. The third kappa shape index (κ3) is 4.00. The summed E-state index contributed by atoms with van der Waals surface area (Å²) < 4.78 is 5.50. The minimum atomic E-state index is -0.0715. The second-order valence-electron chi connectivity index (χ2n) is 5.78. The maximum atomic E-state index is 5.94. The molecule has 1 aromatic carbocycles. The molecule has 0 radical (unpaired) electrons. The first-order valence-electron chi connectivity index (χ1n) is 6.79. The van der Waals surface area contributed by atoms with Crippen LogP contribution in [0.15, 0.2) is 18.2 Å². The summed E-state index contributed by atoms with van der Waals surface area (Å²) in [6.07, 6.45) is 3.13. The highest BCUT2D eigenvalue weighted by Crippen LogP contribution is 2.25. The van der Waals surface area contributed by atoms with Gasteiger partial charge in [0.2, 0.25) is 0 Å². The Hall–Kier alpha value is -1.06. The zero-order valence-electron chi connectivity index (χ0n) is 11.5. The van der Waals surface area contributed by atoms with Crippen molar-refractivity contribution in [2.24, 2.45) is 5.73 Å². The highest BCUT2D eigenvalue weighted by Gasteiger charge is 2.12. The third-order valence-electron chi connectivity index (χ3n) is 3.29. The van der Waals surface area contributed by atoms with E-state index in [0.717, 1.165) is 44.7 Å². The Morgan fingerprint density at radius 1 is 1.33 bits per heavy atom. The first-order chi connectivity index (χ1) is 8.54. The summed E-state index contributed by atoms with van der Waals surface area (Å²) in [6.45, 7) is 6.96. The molecule has 0 fully saturated rings. The molecular weight excluding hydrogens is 224 g/mol. The lowest BCUT2D eigenvalue weighted by molar-refractivity contribution is 0.357. The summed E-state index contributed by atoms with van der Waals surface area (Å²) in [5, 5.41) is 3.45. The predicted molar refractivity (Wildman–Crippen MR) is 75.1 cm³/mol. The van der Waals surface area contributed by atoms with Crippen LogP contribution in [-0.4, -0.2) is 25.2 Å². The summed E-state index contributed by atoms with van der Waals surface area (Å²) in [7, 11) is 0. The number of rotatable bonds is 6. The van der Waals surface area contributed by atoms with Gasteiger partial charge >= 0.3 is 0 Å². The molecule has 1 aromatic rings. The molecule has 1 aliphatic heterocycles. The van der Waals surface area contributed by atoms with Gasteiger partial charge < -0.3 is 15.8 Å². The van der Waals surface area contributed by atoms with Crippen molar-refractivity contribution in [3.8, 4) is 5.75 Å². The minimum absolute atomic E-state index is 0.0715. The number of fused-ring (bicyclic) bond motifs is 1. The quantitative estimate of drug-likeness (QED) is 0.756. The van der Waals surface area contributed by atoms with Crippen LogP contribution in [0.2, 0.25) is 0 Å². The lowest BCUT2D eigenvalue weighted by Crippen LogP contribution is -2.36. The smallest absolute Gasteiger partial charge is 0.122 e. The molecule has 0 aliphatic carbocycles. The molecule has 3 nitrogen and oxygen atoms in total. The molecular formula is C15H24N2O. The number of hydrogen-bond acceptors (Lipinski definition) is 3. The Morgan fingerprint density at radius 3 is 2.94 bits per heavy atom. The van der Waals surface area contributed by atoms with Crippen molar-refractivity contribution in [1.29, 1.82) is 0 Å². The number of hydrogen-bond donors (Lipinski definition) is 2. The van der Waals surface area contributed by atoms with Crippen LogP contribution < -0.4 is 15.8 Å². The van der Waals surface area contributed by atoms with E-state index in [4.69, 9.17) is 10.5 Å². The molecule has 0 atom stereocenters. The van der Waals surface area contributed by atoms with E-state index in [1.54, 1.807) is 0 Å². The van der Waals surface area contributed by atoms with Gasteiger partial charge in [0.25, 0.3) is 0 Å². The second-order valence-corrected chi connectivity index (χ2v) is 5.78. The van der Waals surface area contributed by atoms with Crippen molar-refractivity contribution in [2.45, 2.75) is 38.6 Å². The first-order valence-corrected chi connectivity index (χ1v) is 6.79. The second kappa shape index (κ2) is 5.72. The summed E-state index contributed by atoms with van der Waals surface area (Å²) >= 11 is 0. The number of nitrogens with one attached hydrogen (secondary N) is 1. The van der Waals surface area contributed by atoms with E-state index >= 15 is 0 Å². The van der Waals surface area contributed by atoms with Crippen LogP contribution in [0.5, 0.6) is 5.75 Å². The summed E-state index contributed by atoms with van der Waals surface area (Å²) in [5.74, 6) is 1.07. The van der Waals surface area contributed by atoms with E-state index in [-0.39, 0.29) is 5.54 Å². The fourth-order valence-corrected chi connectivity index (χ4v) is 2.16. The first kappa shape index (κ1) is 13.4. The van der Waals surface area contributed by atoms with Gasteiger partial charge in [-0.05, 0) is 57.0 Å². The van der Waals surface area contributed by atoms with Crippen LogP contribution in [0.4, 0.5) is 0 Å². The van der Waals surface area contributed by atoms with Gasteiger partial charge in [0.1, 0.15) is 5.75 Å². The molecule has 0 saturated carbocycles. The molecule has 0 spiro atoms. The van der Waals surface area contributed by atoms with E-state index in [1.807, 2.05) is 0 Å². The molecule has 1 heterocycles. The topological polar surface area (TPSA) is 47.3 Å². The van der Waals surface area contributed by atoms with E-state index in [1.165, 1.54) is 11.1 Å². The van der Waals surface area contributed by atoms with Crippen molar-refractivity contribution in [2.75, 3.05) is 19.7 Å². The molecule has 3 heteroatoms. The normalized spacial score (nSPS) is 14.4. The SMILES string of the molecule is CC(C)(N)CCNCCc1ccc2c(c1)CCO2. The van der Waals surface area contributed by atoms with Crippen LogP contribution in [0.1, 0.15) is 31.4 Å². The van der Waals surface area contributed by atoms with Gasteiger partial charge in [0.15, 0.2) is 0 Å². The van der Waals surface area contributed by atoms with Crippen molar-refractivity contribution in [3.05, 3.63) is 29.3 Å². The van der Waals surface area contributed by atoms with Gasteiger partial charge in [-0.25, -0.2) is 0 Å². The molecule has 0 aromatic heterocycles. The van der Waals surface area contributed by atoms with Crippen molar-refractivity contribution in [3.63, 3.8) is 0 Å². The van der Waals surface area contributed by atoms with Crippen LogP contribution in [0.25, 0.3) is 0 Å². The van der Waals surface area contributed by atoms with Crippen LogP contribution in [0, 0.1) is 0 Å². The molecule has 0 saturated heterocycles. The molecule has 0 amide bonds. The van der Waals surface area contributed by atoms with E-state index in [2.05, 4.69) is 37.4 Å². The molecule has 3 N–H and O–H groups in total. The number of nitrogens with two attached hydrogens (primary N) is 1. The molecule has 0 unspecified atom stereocenters. The van der Waals surface area contributed by atoms with E-state index in [0.29, 0.717) is 0 Å². The Balaban J connectivity index is 1.71. The fourth-order valence-electron chi connectivity index (χ4n) is 2.16. The van der Waals surface area contributed by atoms with Crippen molar-refractivity contribution >= 4 is 0 Å². The Labute approximate surface area is 110 Å². The van der Waals surface area contributed by atoms with Gasteiger partial charge in [-0.15, -0.1) is 0 Å². The molecule has 2 rings (SSSR count). The maximum Gasteiger partial charge on any atom is 0.122 e. The van der Waals surface area contributed by atoms with Gasteiger partial charge in [-0.1, -0.05) is 12.1 Å². The van der Waals surface area contributed by atoms with E-state index < -0.39 is 0 Å². The largest absolute Gasteiger partial charge is 0.493 e. The number of benzene rings is 1. The van der Waals surface area contributed by atoms with Gasteiger partial charge in [-0.3, -0.25) is 0 Å². The maximum absolute atomic E-state index is 5.94. The Bertz CT molecular complexity index is 396. The zero-order valence-corrected chi connectivity index (χ0v) is 11.5. The van der Waals surface area contributed by atoms with Gasteiger partial charge in [0.05, 0.1) is 6.61 Å². The van der Waals surface area contributed by atoms with Gasteiger partial charge in [-0.2, -0.15) is 0 Å². The molecule has 100 valence electrons. The number of ether oxygens (including phenoxy) is 1. The summed E-state index contributed by atoms with van der Waals surface area (Å²) in [6, 6.07) is 6.54. The van der Waals surface area contributed by atoms with E-state index in [9.17, 15) is 0 Å². The summed E-state index contributed by atoms with van der Waals surface area (Å²) in [5.41, 5.74) is 8.61. The fraction of sp³-hybridized carbons (Fsp3) is 0.600. The average Bonchev–Trinajstić information content (AvgIpc) is 2.74. The van der Waals surface area contributed by atoms with Crippen LogP contribution >= 0.6 is 0 Å². The van der Waals surface area contributed by atoms with Crippen LogP contribution in [-0.2, 0) is 12.8 Å². The summed E-state index contributed by atoms with van der Waals surface area (Å²) in [4.78, 5) is 0. The van der Waals surface area contributed by atoms with Gasteiger partial charge in [0, 0.05) is 12.0 Å². The van der Waals surface area contributed by atoms with Crippen molar-refractivity contribution < 1.29 is 4.74 Å². The lowest BCUT2D eigenvalue weighted by Gasteiger charge is -2.18. The van der Waals surface area contributed by atoms with Crippen molar-refractivity contribution in [1.82, 2.24) is 5.32 Å².